The van der Waals surface area contributed by atoms with Crippen molar-refractivity contribution < 1.29 is 4.74 Å². The van der Waals surface area contributed by atoms with Crippen molar-refractivity contribution in [2.45, 2.75) is 45.2 Å². The standard InChI is InChI=1S/C27H29N7O/c1-3-20-5-4-6-25(20)33-17-22(14-30-33)27-26-11-12-28-34(26)18-24(31-27)21-13-29-32(16-21)15-19-7-9-23(35-2)10-8-19/h7-14,16-18,20,25H,3-6,15H2,1-2H3. The van der Waals surface area contributed by atoms with Crippen LogP contribution in [0.1, 0.15) is 44.2 Å². The molecule has 1 aromatic carbocycles. The maximum Gasteiger partial charge on any atom is 0.118 e. The second kappa shape index (κ2) is 9.02. The van der Waals surface area contributed by atoms with Crippen molar-refractivity contribution in [2.24, 2.45) is 5.92 Å². The zero-order valence-corrected chi connectivity index (χ0v) is 20.1. The molecule has 1 aliphatic carbocycles. The maximum absolute atomic E-state index is 5.25. The third-order valence-electron chi connectivity index (χ3n) is 7.18. The fourth-order valence-electron chi connectivity index (χ4n) is 5.26. The minimum atomic E-state index is 0.481. The predicted molar refractivity (Wildman–Crippen MR) is 134 cm³/mol. The Balaban J connectivity index is 1.31. The van der Waals surface area contributed by atoms with Gasteiger partial charge in [0.1, 0.15) is 5.75 Å². The quantitative estimate of drug-likeness (QED) is 0.326. The number of fused-ring (bicyclic) bond motifs is 1. The van der Waals surface area contributed by atoms with Gasteiger partial charge in [-0.15, -0.1) is 0 Å². The molecule has 0 spiro atoms. The van der Waals surface area contributed by atoms with Crippen molar-refractivity contribution in [3.05, 3.63) is 73.1 Å². The van der Waals surface area contributed by atoms with Gasteiger partial charge in [-0.05, 0) is 42.5 Å². The van der Waals surface area contributed by atoms with E-state index in [-0.39, 0.29) is 0 Å². The Hall–Kier alpha value is -3.94. The fourth-order valence-corrected chi connectivity index (χ4v) is 5.26. The minimum absolute atomic E-state index is 0.481. The van der Waals surface area contributed by atoms with Crippen molar-refractivity contribution in [1.29, 1.82) is 0 Å². The monoisotopic (exact) mass is 467 g/mol. The Labute approximate surface area is 204 Å². The van der Waals surface area contributed by atoms with Gasteiger partial charge < -0.3 is 4.74 Å². The largest absolute Gasteiger partial charge is 0.497 e. The molecule has 1 saturated carbocycles. The van der Waals surface area contributed by atoms with Crippen molar-refractivity contribution in [3.63, 3.8) is 0 Å². The van der Waals surface area contributed by atoms with Gasteiger partial charge in [0.05, 0.1) is 61.4 Å². The third-order valence-corrected chi connectivity index (χ3v) is 7.18. The summed E-state index contributed by atoms with van der Waals surface area (Å²) in [5.41, 5.74) is 5.81. The topological polar surface area (TPSA) is 75.1 Å². The lowest BCUT2D eigenvalue weighted by molar-refractivity contribution is 0.343. The van der Waals surface area contributed by atoms with Gasteiger partial charge in [0, 0.05) is 23.5 Å². The molecule has 35 heavy (non-hydrogen) atoms. The summed E-state index contributed by atoms with van der Waals surface area (Å²) in [5, 5.41) is 13.8. The zero-order chi connectivity index (χ0) is 23.8. The van der Waals surface area contributed by atoms with E-state index in [0.717, 1.165) is 39.3 Å². The van der Waals surface area contributed by atoms with E-state index in [9.17, 15) is 0 Å². The summed E-state index contributed by atoms with van der Waals surface area (Å²) < 4.78 is 11.2. The first-order valence-corrected chi connectivity index (χ1v) is 12.3. The first kappa shape index (κ1) is 21.6. The average Bonchev–Trinajstić information content (AvgIpc) is 3.69. The Morgan fingerprint density at radius 2 is 1.80 bits per heavy atom. The maximum atomic E-state index is 5.25. The summed E-state index contributed by atoms with van der Waals surface area (Å²) in [6.45, 7) is 2.96. The number of rotatable bonds is 7. The number of ether oxygens (including phenoxy) is 1. The van der Waals surface area contributed by atoms with E-state index < -0.39 is 0 Å². The lowest BCUT2D eigenvalue weighted by Gasteiger charge is -2.18. The summed E-state index contributed by atoms with van der Waals surface area (Å²) in [4.78, 5) is 5.05. The summed E-state index contributed by atoms with van der Waals surface area (Å²) in [6, 6.07) is 10.5. The number of aromatic nitrogens is 7. The van der Waals surface area contributed by atoms with Crippen LogP contribution >= 0.6 is 0 Å². The molecule has 8 nitrogen and oxygen atoms in total. The van der Waals surface area contributed by atoms with Crippen LogP contribution in [0.2, 0.25) is 0 Å². The van der Waals surface area contributed by atoms with Gasteiger partial charge in [0.15, 0.2) is 0 Å². The molecule has 6 rings (SSSR count). The van der Waals surface area contributed by atoms with Gasteiger partial charge in [-0.2, -0.15) is 15.3 Å². The van der Waals surface area contributed by atoms with Gasteiger partial charge in [-0.3, -0.25) is 9.36 Å². The number of methoxy groups -OCH3 is 1. The molecule has 2 atom stereocenters. The molecule has 0 saturated heterocycles. The molecule has 0 aliphatic heterocycles. The van der Waals surface area contributed by atoms with Crippen LogP contribution in [0.5, 0.6) is 5.75 Å². The normalized spacial score (nSPS) is 17.9. The molecule has 1 aliphatic rings. The predicted octanol–water partition coefficient (Wildman–Crippen LogP) is 5.26. The molecular formula is C27H29N7O. The van der Waals surface area contributed by atoms with Crippen LogP contribution in [-0.2, 0) is 6.54 Å². The fraction of sp³-hybridized carbons (Fsp3) is 0.333. The van der Waals surface area contributed by atoms with Gasteiger partial charge in [-0.25, -0.2) is 9.50 Å². The van der Waals surface area contributed by atoms with Crippen LogP contribution in [0.25, 0.3) is 28.0 Å². The third kappa shape index (κ3) is 4.09. The number of hydrogen-bond donors (Lipinski definition) is 0. The van der Waals surface area contributed by atoms with Crippen molar-refractivity contribution in [1.82, 2.24) is 34.2 Å². The average molecular weight is 468 g/mol. The molecule has 1 fully saturated rings. The number of nitrogens with zero attached hydrogens (tertiary/aromatic N) is 7. The van der Waals surface area contributed by atoms with Crippen LogP contribution < -0.4 is 4.74 Å². The molecule has 178 valence electrons. The summed E-state index contributed by atoms with van der Waals surface area (Å²) in [7, 11) is 1.67. The van der Waals surface area contributed by atoms with Gasteiger partial charge in [0.25, 0.3) is 0 Å². The molecule has 8 heteroatoms. The minimum Gasteiger partial charge on any atom is -0.497 e. The Morgan fingerprint density at radius 1 is 0.943 bits per heavy atom. The second-order valence-corrected chi connectivity index (χ2v) is 9.29. The first-order valence-electron chi connectivity index (χ1n) is 12.3. The summed E-state index contributed by atoms with van der Waals surface area (Å²) in [6.07, 6.45) is 16.7. The van der Waals surface area contributed by atoms with E-state index in [1.54, 1.807) is 7.11 Å². The van der Waals surface area contributed by atoms with Crippen LogP contribution in [0.15, 0.2) is 67.5 Å². The summed E-state index contributed by atoms with van der Waals surface area (Å²) in [5.74, 6) is 1.55. The number of benzene rings is 1. The highest BCUT2D eigenvalue weighted by Gasteiger charge is 2.28. The van der Waals surface area contributed by atoms with E-state index >= 15 is 0 Å². The molecule has 4 aromatic heterocycles. The number of hydrogen-bond acceptors (Lipinski definition) is 5. The SMILES string of the molecule is CCC1CCCC1n1cc(-c2nc(-c3cnn(Cc4ccc(OC)cc4)c3)cn3nccc23)cn1. The highest BCUT2D eigenvalue weighted by atomic mass is 16.5. The van der Waals surface area contributed by atoms with E-state index in [0.29, 0.717) is 18.5 Å². The Bertz CT molecular complexity index is 1450. The van der Waals surface area contributed by atoms with Gasteiger partial charge in [-0.1, -0.05) is 31.9 Å². The molecule has 0 bridgehead atoms. The smallest absolute Gasteiger partial charge is 0.118 e. The lowest BCUT2D eigenvalue weighted by Crippen LogP contribution is -2.13. The van der Waals surface area contributed by atoms with E-state index in [2.05, 4.69) is 40.1 Å². The van der Waals surface area contributed by atoms with E-state index in [1.165, 1.54) is 25.7 Å². The molecular weight excluding hydrogens is 438 g/mol. The van der Waals surface area contributed by atoms with Crippen molar-refractivity contribution in [2.75, 3.05) is 7.11 Å². The Morgan fingerprint density at radius 3 is 2.63 bits per heavy atom. The van der Waals surface area contributed by atoms with Crippen LogP contribution in [0.3, 0.4) is 0 Å². The molecule has 2 unspecified atom stereocenters. The van der Waals surface area contributed by atoms with Crippen LogP contribution in [0, 0.1) is 5.92 Å². The molecule has 4 heterocycles. The summed E-state index contributed by atoms with van der Waals surface area (Å²) >= 11 is 0. The highest BCUT2D eigenvalue weighted by molar-refractivity contribution is 5.78. The Kier molecular flexibility index (Phi) is 5.56. The van der Waals surface area contributed by atoms with Crippen molar-refractivity contribution in [3.8, 4) is 28.3 Å². The molecule has 0 radical (unpaired) electrons. The van der Waals surface area contributed by atoms with Crippen LogP contribution in [-0.4, -0.2) is 41.3 Å². The van der Waals surface area contributed by atoms with Gasteiger partial charge in [0.2, 0.25) is 0 Å². The first-order chi connectivity index (χ1) is 17.2. The van der Waals surface area contributed by atoms with E-state index in [4.69, 9.17) is 14.8 Å². The molecule has 0 N–H and O–H groups in total. The zero-order valence-electron chi connectivity index (χ0n) is 20.1. The molecule has 0 amide bonds. The highest BCUT2D eigenvalue weighted by Crippen LogP contribution is 2.38. The second-order valence-electron chi connectivity index (χ2n) is 9.29. The molecule has 5 aromatic rings. The van der Waals surface area contributed by atoms with E-state index in [1.807, 2.05) is 58.4 Å². The van der Waals surface area contributed by atoms with Crippen LogP contribution in [0.4, 0.5) is 0 Å². The van der Waals surface area contributed by atoms with Crippen molar-refractivity contribution >= 4 is 5.52 Å². The lowest BCUT2D eigenvalue weighted by atomic mass is 10.0. The van der Waals surface area contributed by atoms with Gasteiger partial charge >= 0.3 is 0 Å².